The summed E-state index contributed by atoms with van der Waals surface area (Å²) in [5.74, 6) is 2.09. The van der Waals surface area contributed by atoms with Gasteiger partial charge in [0.05, 0.1) is 18.7 Å². The fraction of sp³-hybridized carbons (Fsp3) is 0.625. The Morgan fingerprint density at radius 2 is 2.19 bits per heavy atom. The van der Waals surface area contributed by atoms with Gasteiger partial charge in [-0.3, -0.25) is 4.99 Å². The molecule has 148 valence electrons. The summed E-state index contributed by atoms with van der Waals surface area (Å²) in [4.78, 5) is 8.22. The fourth-order valence-corrected chi connectivity index (χ4v) is 3.46. The van der Waals surface area contributed by atoms with E-state index >= 15 is 0 Å². The zero-order valence-electron chi connectivity index (χ0n) is 14.5. The Balaban J connectivity index is 0.00000338. The number of ether oxygens (including phenoxy) is 1. The molecule has 1 fully saturated rings. The number of nitrogens with one attached hydrogen (secondary N) is 2. The molecule has 0 saturated carbocycles. The van der Waals surface area contributed by atoms with Crippen LogP contribution in [0.2, 0.25) is 0 Å². The van der Waals surface area contributed by atoms with E-state index in [4.69, 9.17) is 4.74 Å². The number of guanidine groups is 1. The number of hydrogen-bond acceptors (Lipinski definition) is 4. The maximum Gasteiger partial charge on any atom is 0.417 e. The standard InChI is InChI=1S/C16H23F3N4OS.HI/c1-2-20-15(23-11-13-4-3-9-25-13)21-7-8-24-14-6-5-12(10-22-14)16(17,18)19;/h5-6,10,13H,2-4,7-9,11H2,1H3,(H2,20,21,23);1H. The van der Waals surface area contributed by atoms with Crippen LogP contribution < -0.4 is 15.4 Å². The van der Waals surface area contributed by atoms with Crippen molar-refractivity contribution in [3.05, 3.63) is 23.9 Å². The fourth-order valence-electron chi connectivity index (χ4n) is 2.28. The number of halogens is 4. The van der Waals surface area contributed by atoms with Crippen LogP contribution in [0.5, 0.6) is 5.88 Å². The molecule has 1 aromatic heterocycles. The van der Waals surface area contributed by atoms with Crippen LogP contribution in [0.4, 0.5) is 13.2 Å². The second-order valence-electron chi connectivity index (χ2n) is 5.51. The Kier molecular flexibility index (Phi) is 10.4. The second-order valence-corrected chi connectivity index (χ2v) is 6.92. The molecule has 0 amide bonds. The van der Waals surface area contributed by atoms with Gasteiger partial charge in [0, 0.05) is 24.1 Å². The largest absolute Gasteiger partial charge is 0.476 e. The Hall–Kier alpha value is -0.910. The van der Waals surface area contributed by atoms with Crippen molar-refractivity contribution in [2.24, 2.45) is 4.99 Å². The first kappa shape index (κ1) is 23.1. The number of pyridine rings is 1. The van der Waals surface area contributed by atoms with Crippen molar-refractivity contribution in [1.82, 2.24) is 15.6 Å². The summed E-state index contributed by atoms with van der Waals surface area (Å²) >= 11 is 1.96. The first-order valence-electron chi connectivity index (χ1n) is 8.29. The van der Waals surface area contributed by atoms with E-state index in [9.17, 15) is 13.2 Å². The van der Waals surface area contributed by atoms with E-state index in [2.05, 4.69) is 20.6 Å². The monoisotopic (exact) mass is 504 g/mol. The number of aliphatic imine (C=N–C) groups is 1. The number of thioether (sulfide) groups is 1. The molecule has 0 aliphatic carbocycles. The lowest BCUT2D eigenvalue weighted by Gasteiger charge is -2.13. The molecule has 2 N–H and O–H groups in total. The van der Waals surface area contributed by atoms with Gasteiger partial charge in [0.15, 0.2) is 5.96 Å². The molecule has 0 bridgehead atoms. The lowest BCUT2D eigenvalue weighted by atomic mass is 10.2. The van der Waals surface area contributed by atoms with E-state index in [1.165, 1.54) is 24.7 Å². The second kappa shape index (κ2) is 11.7. The van der Waals surface area contributed by atoms with Gasteiger partial charge in [-0.05, 0) is 31.6 Å². The lowest BCUT2D eigenvalue weighted by Crippen LogP contribution is -2.39. The topological polar surface area (TPSA) is 58.5 Å². The summed E-state index contributed by atoms with van der Waals surface area (Å²) in [7, 11) is 0. The quantitative estimate of drug-likeness (QED) is 0.258. The highest BCUT2D eigenvalue weighted by molar-refractivity contribution is 14.0. The summed E-state index contributed by atoms with van der Waals surface area (Å²) in [6, 6.07) is 2.18. The SMILES string of the molecule is CCNC(=NCC1CCCS1)NCCOc1ccc(C(F)(F)F)cn1.I. The van der Waals surface area contributed by atoms with Crippen molar-refractivity contribution < 1.29 is 17.9 Å². The molecule has 0 aromatic carbocycles. The number of alkyl halides is 3. The summed E-state index contributed by atoms with van der Waals surface area (Å²) in [6.07, 6.45) is -1.16. The molecular formula is C16H24F3IN4OS. The first-order valence-corrected chi connectivity index (χ1v) is 9.33. The molecule has 0 spiro atoms. The maximum absolute atomic E-state index is 12.5. The van der Waals surface area contributed by atoms with E-state index in [-0.39, 0.29) is 36.5 Å². The highest BCUT2D eigenvalue weighted by Gasteiger charge is 2.30. The van der Waals surface area contributed by atoms with Crippen LogP contribution in [0.1, 0.15) is 25.3 Å². The predicted octanol–water partition coefficient (Wildman–Crippen LogP) is 3.55. The Morgan fingerprint density at radius 3 is 2.77 bits per heavy atom. The molecule has 1 saturated heterocycles. The number of nitrogens with zero attached hydrogens (tertiary/aromatic N) is 2. The van der Waals surface area contributed by atoms with Gasteiger partial charge in [0.1, 0.15) is 6.61 Å². The summed E-state index contributed by atoms with van der Waals surface area (Å²) in [5, 5.41) is 6.90. The van der Waals surface area contributed by atoms with Crippen LogP contribution >= 0.6 is 35.7 Å². The average molecular weight is 504 g/mol. The van der Waals surface area contributed by atoms with Crippen molar-refractivity contribution in [1.29, 1.82) is 0 Å². The van der Waals surface area contributed by atoms with Crippen molar-refractivity contribution in [2.45, 2.75) is 31.2 Å². The van der Waals surface area contributed by atoms with Crippen molar-refractivity contribution >= 4 is 41.7 Å². The van der Waals surface area contributed by atoms with E-state index < -0.39 is 11.7 Å². The van der Waals surface area contributed by atoms with Gasteiger partial charge in [-0.2, -0.15) is 24.9 Å². The normalized spacial score (nSPS) is 17.5. The van der Waals surface area contributed by atoms with Gasteiger partial charge in [-0.25, -0.2) is 4.98 Å². The van der Waals surface area contributed by atoms with Crippen LogP contribution in [-0.4, -0.2) is 48.2 Å². The highest BCUT2D eigenvalue weighted by Crippen LogP contribution is 2.29. The lowest BCUT2D eigenvalue weighted by molar-refractivity contribution is -0.137. The van der Waals surface area contributed by atoms with Crippen molar-refractivity contribution in [3.8, 4) is 5.88 Å². The van der Waals surface area contributed by atoms with E-state index in [0.29, 0.717) is 11.8 Å². The number of rotatable bonds is 7. The van der Waals surface area contributed by atoms with Gasteiger partial charge in [-0.1, -0.05) is 0 Å². The molecule has 1 aliphatic rings. The zero-order valence-corrected chi connectivity index (χ0v) is 17.7. The number of hydrogen-bond donors (Lipinski definition) is 2. The zero-order chi connectivity index (χ0) is 18.1. The van der Waals surface area contributed by atoms with Crippen LogP contribution in [0.25, 0.3) is 0 Å². The Bertz CT molecular complexity index is 551. The first-order chi connectivity index (χ1) is 12.0. The maximum atomic E-state index is 12.5. The van der Waals surface area contributed by atoms with Crippen LogP contribution in [0.3, 0.4) is 0 Å². The molecule has 10 heteroatoms. The number of aromatic nitrogens is 1. The molecule has 2 heterocycles. The summed E-state index contributed by atoms with van der Waals surface area (Å²) < 4.78 is 42.7. The minimum atomic E-state index is -4.39. The molecule has 1 aromatic rings. The van der Waals surface area contributed by atoms with Gasteiger partial charge in [0.25, 0.3) is 0 Å². The van der Waals surface area contributed by atoms with Gasteiger partial charge in [-0.15, -0.1) is 24.0 Å². The van der Waals surface area contributed by atoms with E-state index in [1.54, 1.807) is 0 Å². The smallest absolute Gasteiger partial charge is 0.417 e. The molecule has 2 rings (SSSR count). The third-order valence-corrected chi connectivity index (χ3v) is 4.91. The van der Waals surface area contributed by atoms with Crippen molar-refractivity contribution in [3.63, 3.8) is 0 Å². The van der Waals surface area contributed by atoms with Crippen molar-refractivity contribution in [2.75, 3.05) is 32.0 Å². The molecule has 26 heavy (non-hydrogen) atoms. The minimum Gasteiger partial charge on any atom is -0.476 e. The van der Waals surface area contributed by atoms with Crippen LogP contribution in [0, 0.1) is 0 Å². The molecule has 1 atom stereocenters. The summed E-state index contributed by atoms with van der Waals surface area (Å²) in [5.41, 5.74) is -0.788. The van der Waals surface area contributed by atoms with E-state index in [0.717, 1.165) is 31.3 Å². The third kappa shape index (κ3) is 8.19. The molecule has 5 nitrogen and oxygen atoms in total. The summed E-state index contributed by atoms with van der Waals surface area (Å²) in [6.45, 7) is 4.28. The molecule has 1 aliphatic heterocycles. The molecular weight excluding hydrogens is 480 g/mol. The van der Waals surface area contributed by atoms with Crippen LogP contribution in [0.15, 0.2) is 23.3 Å². The van der Waals surface area contributed by atoms with Gasteiger partial charge < -0.3 is 15.4 Å². The van der Waals surface area contributed by atoms with Gasteiger partial charge >= 0.3 is 6.18 Å². The molecule has 1 unspecified atom stereocenters. The highest BCUT2D eigenvalue weighted by atomic mass is 127. The predicted molar refractivity (Wildman–Crippen MR) is 110 cm³/mol. The van der Waals surface area contributed by atoms with Gasteiger partial charge in [0.2, 0.25) is 5.88 Å². The van der Waals surface area contributed by atoms with E-state index in [1.807, 2.05) is 18.7 Å². The average Bonchev–Trinajstić information content (AvgIpc) is 3.09. The Labute approximate surface area is 173 Å². The third-order valence-electron chi connectivity index (χ3n) is 3.53. The van der Waals surface area contributed by atoms with Crippen LogP contribution in [-0.2, 0) is 6.18 Å². The molecule has 0 radical (unpaired) electrons. The Morgan fingerprint density at radius 1 is 1.38 bits per heavy atom. The minimum absolute atomic E-state index is 0.